The number of guanidine groups is 1. The highest BCUT2D eigenvalue weighted by atomic mass is 127. The monoisotopic (exact) mass is 540 g/mol. The molecule has 2 heterocycles. The molecule has 8 heteroatoms. The van der Waals surface area contributed by atoms with Gasteiger partial charge in [0.25, 0.3) is 0 Å². The third-order valence-electron chi connectivity index (χ3n) is 5.62. The summed E-state index contributed by atoms with van der Waals surface area (Å²) in [6, 6.07) is 15.0. The minimum absolute atomic E-state index is 0. The first-order valence-electron chi connectivity index (χ1n) is 10.5. The van der Waals surface area contributed by atoms with Crippen molar-refractivity contribution in [2.45, 2.75) is 18.6 Å². The molecule has 2 unspecified atom stereocenters. The summed E-state index contributed by atoms with van der Waals surface area (Å²) >= 11 is 0. The Bertz CT molecular complexity index is 851. The van der Waals surface area contributed by atoms with Gasteiger partial charge in [-0.25, -0.2) is 4.39 Å². The number of para-hydroxylation sites is 1. The zero-order valence-electron chi connectivity index (χ0n) is 17.7. The number of hydrogen-bond donors (Lipinski definition) is 2. The maximum Gasteiger partial charge on any atom is 0.191 e. The van der Waals surface area contributed by atoms with Crippen LogP contribution in [-0.2, 0) is 11.2 Å². The van der Waals surface area contributed by atoms with Crippen LogP contribution in [0.25, 0.3) is 0 Å². The normalized spacial score (nSPS) is 19.7. The number of nitrogens with zero attached hydrogens (tertiary/aromatic N) is 2. The minimum Gasteiger partial charge on any atom is -0.488 e. The van der Waals surface area contributed by atoms with Gasteiger partial charge in [-0.3, -0.25) is 9.89 Å². The van der Waals surface area contributed by atoms with Gasteiger partial charge in [-0.1, -0.05) is 30.3 Å². The Labute approximate surface area is 200 Å². The summed E-state index contributed by atoms with van der Waals surface area (Å²) in [6.45, 7) is 4.31. The van der Waals surface area contributed by atoms with E-state index in [1.165, 1.54) is 11.6 Å². The average Bonchev–Trinajstić information content (AvgIpc) is 3.20. The number of nitrogens with one attached hydrogen (secondary N) is 2. The van der Waals surface area contributed by atoms with Crippen molar-refractivity contribution in [3.8, 4) is 5.75 Å². The van der Waals surface area contributed by atoms with Crippen LogP contribution in [-0.4, -0.2) is 63.4 Å². The number of fused-ring (bicyclic) bond motifs is 1. The molecule has 168 valence electrons. The van der Waals surface area contributed by atoms with Gasteiger partial charge in [0.15, 0.2) is 5.96 Å². The van der Waals surface area contributed by atoms with Gasteiger partial charge in [-0.2, -0.15) is 0 Å². The van der Waals surface area contributed by atoms with Gasteiger partial charge in [0, 0.05) is 33.1 Å². The molecule has 2 aromatic carbocycles. The molecule has 1 fully saturated rings. The predicted molar refractivity (Wildman–Crippen MR) is 131 cm³/mol. The largest absolute Gasteiger partial charge is 0.488 e. The van der Waals surface area contributed by atoms with Crippen molar-refractivity contribution in [2.24, 2.45) is 4.99 Å². The van der Waals surface area contributed by atoms with E-state index in [1.54, 1.807) is 19.2 Å². The lowest BCUT2D eigenvalue weighted by Crippen LogP contribution is -2.47. The molecule has 2 aliphatic rings. The molecule has 31 heavy (non-hydrogen) atoms. The second kappa shape index (κ2) is 11.6. The number of halogens is 2. The zero-order chi connectivity index (χ0) is 20.8. The van der Waals surface area contributed by atoms with Gasteiger partial charge in [0.1, 0.15) is 17.7 Å². The molecule has 6 nitrogen and oxygen atoms in total. The predicted octanol–water partition coefficient (Wildman–Crippen LogP) is 2.99. The van der Waals surface area contributed by atoms with Crippen molar-refractivity contribution in [3.05, 3.63) is 65.5 Å². The van der Waals surface area contributed by atoms with Crippen molar-refractivity contribution in [3.63, 3.8) is 0 Å². The third-order valence-corrected chi connectivity index (χ3v) is 5.62. The van der Waals surface area contributed by atoms with Crippen LogP contribution >= 0.6 is 24.0 Å². The van der Waals surface area contributed by atoms with Crippen molar-refractivity contribution in [1.82, 2.24) is 15.5 Å². The second-order valence-electron chi connectivity index (χ2n) is 7.60. The van der Waals surface area contributed by atoms with Crippen LogP contribution in [0.5, 0.6) is 5.75 Å². The van der Waals surface area contributed by atoms with Crippen molar-refractivity contribution in [1.29, 1.82) is 0 Å². The summed E-state index contributed by atoms with van der Waals surface area (Å²) in [5.41, 5.74) is 2.19. The van der Waals surface area contributed by atoms with E-state index in [0.717, 1.165) is 30.8 Å². The molecule has 2 aromatic rings. The average molecular weight is 540 g/mol. The molecule has 0 radical (unpaired) electrons. The van der Waals surface area contributed by atoms with E-state index in [0.29, 0.717) is 32.3 Å². The summed E-state index contributed by atoms with van der Waals surface area (Å²) in [7, 11) is 1.76. The van der Waals surface area contributed by atoms with Crippen LogP contribution < -0.4 is 15.4 Å². The Morgan fingerprint density at radius 3 is 2.71 bits per heavy atom. The number of morpholine rings is 1. The molecule has 2 aliphatic heterocycles. The summed E-state index contributed by atoms with van der Waals surface area (Å²) in [6.07, 6.45) is 0.971. The summed E-state index contributed by atoms with van der Waals surface area (Å²) in [4.78, 5) is 6.68. The summed E-state index contributed by atoms with van der Waals surface area (Å²) in [5, 5.41) is 6.77. The van der Waals surface area contributed by atoms with Crippen molar-refractivity contribution >= 4 is 29.9 Å². The van der Waals surface area contributed by atoms with Crippen LogP contribution in [0.1, 0.15) is 17.2 Å². The van der Waals surface area contributed by atoms with Crippen LogP contribution in [0.2, 0.25) is 0 Å². The lowest BCUT2D eigenvalue weighted by atomic mass is 10.0. The first-order valence-corrected chi connectivity index (χ1v) is 10.5. The molecular weight excluding hydrogens is 510 g/mol. The standard InChI is InChI=1S/C23H29FN4O2.HI/c1-25-23(26-15-20-14-18-5-2-3-8-22(18)30-20)27-16-21(28-9-11-29-12-10-28)17-6-4-7-19(24)13-17;/h2-8,13,20-21H,9-12,14-16H2,1H3,(H2,25,26,27);1H. The highest BCUT2D eigenvalue weighted by Gasteiger charge is 2.25. The fourth-order valence-electron chi connectivity index (χ4n) is 4.05. The van der Waals surface area contributed by atoms with Crippen molar-refractivity contribution in [2.75, 3.05) is 46.4 Å². The first-order chi connectivity index (χ1) is 14.7. The highest BCUT2D eigenvalue weighted by Crippen LogP contribution is 2.27. The number of ether oxygens (including phenoxy) is 2. The highest BCUT2D eigenvalue weighted by molar-refractivity contribution is 14.0. The van der Waals surface area contributed by atoms with Crippen LogP contribution in [0.4, 0.5) is 4.39 Å². The van der Waals surface area contributed by atoms with E-state index in [-0.39, 0.29) is 41.9 Å². The lowest BCUT2D eigenvalue weighted by Gasteiger charge is -2.35. The molecule has 1 saturated heterocycles. The molecule has 2 N–H and O–H groups in total. The van der Waals surface area contributed by atoms with E-state index in [9.17, 15) is 4.39 Å². The van der Waals surface area contributed by atoms with E-state index < -0.39 is 0 Å². The number of benzene rings is 2. The molecular formula is C23H30FIN4O2. The van der Waals surface area contributed by atoms with Crippen molar-refractivity contribution < 1.29 is 13.9 Å². The smallest absolute Gasteiger partial charge is 0.191 e. The Hall–Kier alpha value is -1.91. The number of rotatable bonds is 6. The minimum atomic E-state index is -0.216. The van der Waals surface area contributed by atoms with Crippen LogP contribution in [0.15, 0.2) is 53.5 Å². The molecule has 0 bridgehead atoms. The Kier molecular flexibility index (Phi) is 8.91. The lowest BCUT2D eigenvalue weighted by molar-refractivity contribution is 0.0169. The Balaban J connectivity index is 0.00000272. The topological polar surface area (TPSA) is 58.1 Å². The number of aliphatic imine (C=N–C) groups is 1. The Morgan fingerprint density at radius 2 is 1.97 bits per heavy atom. The summed E-state index contributed by atoms with van der Waals surface area (Å²) < 4.78 is 25.3. The molecule has 0 aromatic heterocycles. The van der Waals surface area contributed by atoms with Gasteiger partial charge in [-0.05, 0) is 29.3 Å². The van der Waals surface area contributed by atoms with Gasteiger partial charge in [0.05, 0.1) is 25.8 Å². The second-order valence-corrected chi connectivity index (χ2v) is 7.60. The molecule has 2 atom stereocenters. The van der Waals surface area contributed by atoms with E-state index in [1.807, 2.05) is 24.3 Å². The van der Waals surface area contributed by atoms with E-state index >= 15 is 0 Å². The van der Waals surface area contributed by atoms with Gasteiger partial charge in [0.2, 0.25) is 0 Å². The number of hydrogen-bond acceptors (Lipinski definition) is 4. The maximum absolute atomic E-state index is 13.9. The molecule has 0 aliphatic carbocycles. The molecule has 0 saturated carbocycles. The quantitative estimate of drug-likeness (QED) is 0.336. The molecule has 0 amide bonds. The van der Waals surface area contributed by atoms with Gasteiger partial charge in [-0.15, -0.1) is 24.0 Å². The third kappa shape index (κ3) is 6.30. The maximum atomic E-state index is 13.9. The summed E-state index contributed by atoms with van der Waals surface area (Å²) in [5.74, 6) is 1.46. The van der Waals surface area contributed by atoms with E-state index in [4.69, 9.17) is 9.47 Å². The fraction of sp³-hybridized carbons (Fsp3) is 0.435. The van der Waals surface area contributed by atoms with Crippen LogP contribution in [0, 0.1) is 5.82 Å². The Morgan fingerprint density at radius 1 is 1.16 bits per heavy atom. The van der Waals surface area contributed by atoms with Crippen LogP contribution in [0.3, 0.4) is 0 Å². The zero-order valence-corrected chi connectivity index (χ0v) is 20.1. The fourth-order valence-corrected chi connectivity index (χ4v) is 4.05. The van der Waals surface area contributed by atoms with Gasteiger partial charge < -0.3 is 20.1 Å². The van der Waals surface area contributed by atoms with E-state index in [2.05, 4.69) is 26.6 Å². The molecule has 4 rings (SSSR count). The van der Waals surface area contributed by atoms with Gasteiger partial charge >= 0.3 is 0 Å². The first kappa shape index (κ1) is 23.7. The SMILES string of the molecule is CN=C(NCC1Cc2ccccc2O1)NCC(c1cccc(F)c1)N1CCOCC1.I. The molecule has 0 spiro atoms.